The third-order valence-corrected chi connectivity index (χ3v) is 2.98. The highest BCUT2D eigenvalue weighted by Gasteiger charge is 2.16. The van der Waals surface area contributed by atoms with E-state index in [1.807, 2.05) is 0 Å². The first kappa shape index (κ1) is 16.5. The summed E-state index contributed by atoms with van der Waals surface area (Å²) in [7, 11) is 0. The lowest BCUT2D eigenvalue weighted by Crippen LogP contribution is -2.47. The van der Waals surface area contributed by atoms with Gasteiger partial charge in [-0.15, -0.1) is 0 Å². The van der Waals surface area contributed by atoms with Crippen LogP contribution in [-0.4, -0.2) is 47.5 Å². The van der Waals surface area contributed by atoms with Crippen molar-refractivity contribution < 1.29 is 19.2 Å². The van der Waals surface area contributed by atoms with E-state index in [-0.39, 0.29) is 0 Å². The third kappa shape index (κ3) is 7.08. The lowest BCUT2D eigenvalue weighted by molar-refractivity contribution is -0.921. The van der Waals surface area contributed by atoms with Crippen LogP contribution < -0.4 is 0 Å². The number of carboxylic acids is 1. The van der Waals surface area contributed by atoms with Gasteiger partial charge in [-0.25, -0.2) is 4.79 Å². The number of aliphatic carboxylic acids is 1. The van der Waals surface area contributed by atoms with E-state index >= 15 is 0 Å². The molecule has 0 atom stereocenters. The van der Waals surface area contributed by atoms with Crippen LogP contribution in [0.2, 0.25) is 0 Å². The largest absolute Gasteiger partial charge is 0.476 e. The Balaban J connectivity index is 0. The maximum Gasteiger partial charge on any atom is 0.371 e. The number of Topliss-reactive ketones (excluding diaryl/α,β-unsaturated/α-hetero) is 1. The van der Waals surface area contributed by atoms with Crippen LogP contribution in [0.25, 0.3) is 0 Å². The van der Waals surface area contributed by atoms with Crippen LogP contribution in [0.4, 0.5) is 0 Å². The zero-order valence-corrected chi connectivity index (χ0v) is 10.5. The van der Waals surface area contributed by atoms with E-state index in [1.165, 1.54) is 30.7 Å². The van der Waals surface area contributed by atoms with Crippen LogP contribution in [0.3, 0.4) is 0 Å². The number of ketones is 1. The van der Waals surface area contributed by atoms with Gasteiger partial charge in [0.15, 0.2) is 0 Å². The monoisotopic (exact) mass is 218 g/mol. The molecule has 90 valence electrons. The van der Waals surface area contributed by atoms with Crippen molar-refractivity contribution in [1.29, 1.82) is 0 Å². The molecule has 4 nitrogen and oxygen atoms in total. The summed E-state index contributed by atoms with van der Waals surface area (Å²) in [5.41, 5.74) is 0. The molecule has 0 aromatic heterocycles. The number of hydrogen-bond acceptors (Lipinski definition) is 2. The second kappa shape index (κ2) is 8.41. The van der Waals surface area contributed by atoms with Crippen LogP contribution in [-0.2, 0) is 9.59 Å². The van der Waals surface area contributed by atoms with Crippen molar-refractivity contribution >= 4 is 11.8 Å². The van der Waals surface area contributed by atoms with Gasteiger partial charge in [-0.2, -0.15) is 0 Å². The van der Waals surface area contributed by atoms with Crippen molar-refractivity contribution in [3.63, 3.8) is 0 Å². The Hall–Kier alpha value is -0.900. The van der Waals surface area contributed by atoms with Crippen molar-refractivity contribution in [2.45, 2.75) is 34.6 Å². The first-order valence-corrected chi connectivity index (χ1v) is 5.48. The quantitative estimate of drug-likeness (QED) is 0.562. The fourth-order valence-corrected chi connectivity index (χ4v) is 1.34. The lowest BCUT2D eigenvalue weighted by atomic mass is 10.3. The Morgan fingerprint density at radius 2 is 1.13 bits per heavy atom. The Labute approximate surface area is 92.5 Å². The Morgan fingerprint density at radius 1 is 0.933 bits per heavy atom. The maximum absolute atomic E-state index is 9.54. The molecule has 0 aromatic carbocycles. The average molecular weight is 218 g/mol. The molecule has 0 fully saturated rings. The third-order valence-electron chi connectivity index (χ3n) is 2.98. The summed E-state index contributed by atoms with van der Waals surface area (Å²) in [6, 6.07) is 0. The number of carbonyl (C=O) groups excluding carboxylic acids is 1. The van der Waals surface area contributed by atoms with Crippen molar-refractivity contribution in [3.8, 4) is 0 Å². The molecule has 0 aromatic rings. The van der Waals surface area contributed by atoms with Gasteiger partial charge in [-0.1, -0.05) is 0 Å². The van der Waals surface area contributed by atoms with Crippen molar-refractivity contribution in [2.24, 2.45) is 0 Å². The molecule has 0 rings (SSSR count). The minimum Gasteiger partial charge on any atom is -0.476 e. The number of rotatable bonds is 5. The Kier molecular flexibility index (Phi) is 9.27. The molecule has 0 bridgehead atoms. The van der Waals surface area contributed by atoms with E-state index in [2.05, 4.69) is 27.7 Å². The van der Waals surface area contributed by atoms with E-state index in [1.54, 1.807) is 0 Å². The zero-order valence-electron chi connectivity index (χ0n) is 10.5. The van der Waals surface area contributed by atoms with Gasteiger partial charge < -0.3 is 9.59 Å². The predicted molar refractivity (Wildman–Crippen MR) is 60.7 cm³/mol. The normalized spacial score (nSPS) is 10.2. The maximum atomic E-state index is 9.54. The van der Waals surface area contributed by atoms with Gasteiger partial charge in [-0.3, -0.25) is 4.79 Å². The molecule has 0 spiro atoms. The second-order valence-electron chi connectivity index (χ2n) is 3.47. The fourth-order valence-electron chi connectivity index (χ4n) is 1.34. The molecule has 0 aliphatic carbocycles. The van der Waals surface area contributed by atoms with Crippen LogP contribution in [0, 0.1) is 0 Å². The summed E-state index contributed by atoms with van der Waals surface area (Å²) in [5.74, 6) is -2.20. The summed E-state index contributed by atoms with van der Waals surface area (Å²) < 4.78 is 1.28. The highest BCUT2D eigenvalue weighted by molar-refractivity contribution is 6.31. The highest BCUT2D eigenvalue weighted by Crippen LogP contribution is 2.03. The van der Waals surface area contributed by atoms with Crippen LogP contribution >= 0.6 is 0 Å². The highest BCUT2D eigenvalue weighted by atomic mass is 16.4. The number of quaternary nitrogens is 1. The first-order chi connectivity index (χ1) is 6.89. The van der Waals surface area contributed by atoms with E-state index in [9.17, 15) is 9.59 Å². The Bertz CT molecular complexity index is 168. The Morgan fingerprint density at radius 3 is 1.13 bits per heavy atom. The lowest BCUT2D eigenvalue weighted by Gasteiger charge is -2.34. The van der Waals surface area contributed by atoms with Gasteiger partial charge in [-0.05, 0) is 27.7 Å². The molecule has 0 heterocycles. The zero-order chi connectivity index (χ0) is 12.5. The minimum absolute atomic E-state index is 0.824. The molecule has 1 N–H and O–H groups in total. The summed E-state index contributed by atoms with van der Waals surface area (Å²) in [4.78, 5) is 18.9. The van der Waals surface area contributed by atoms with Crippen LogP contribution in [0.15, 0.2) is 0 Å². The van der Waals surface area contributed by atoms with Crippen molar-refractivity contribution in [3.05, 3.63) is 0 Å². The van der Waals surface area contributed by atoms with E-state index in [0.29, 0.717) is 0 Å². The van der Waals surface area contributed by atoms with Crippen molar-refractivity contribution in [1.82, 2.24) is 0 Å². The average Bonchev–Trinajstić information content (AvgIpc) is 2.23. The van der Waals surface area contributed by atoms with E-state index < -0.39 is 11.8 Å². The molecule has 0 amide bonds. The molecule has 0 aliphatic rings. The topological polar surface area (TPSA) is 54.4 Å². The van der Waals surface area contributed by atoms with Gasteiger partial charge in [0.2, 0.25) is 5.78 Å². The number of nitrogens with zero attached hydrogens (tertiary/aromatic N) is 1. The molecule has 0 unspecified atom stereocenters. The van der Waals surface area contributed by atoms with Gasteiger partial charge in [0.1, 0.15) is 0 Å². The minimum atomic E-state index is -1.38. The summed E-state index contributed by atoms with van der Waals surface area (Å²) in [6.07, 6.45) is 0. The molecule has 0 saturated heterocycles. The SMILES string of the molecule is CC(=O)C(=O)O.CC[N+](CC)(CC)CC. The molecule has 4 heteroatoms. The summed E-state index contributed by atoms with van der Waals surface area (Å²) in [6.45, 7) is 15.2. The van der Waals surface area contributed by atoms with E-state index in [4.69, 9.17) is 5.11 Å². The van der Waals surface area contributed by atoms with Crippen LogP contribution in [0.5, 0.6) is 0 Å². The molecule has 0 radical (unpaired) electrons. The first-order valence-electron chi connectivity index (χ1n) is 5.48. The molecule has 0 saturated carbocycles. The molecule has 0 aliphatic heterocycles. The standard InChI is InChI=1S/C8H20N.C3H4O3/c1-5-9(6-2,7-3)8-4;1-2(4)3(5)6/h5-8H2,1-4H3;1H3,(H,5,6)/q+1;. The summed E-state index contributed by atoms with van der Waals surface area (Å²) in [5, 5.41) is 7.64. The summed E-state index contributed by atoms with van der Waals surface area (Å²) >= 11 is 0. The predicted octanol–water partition coefficient (Wildman–Crippen LogP) is 1.54. The molecular weight excluding hydrogens is 194 g/mol. The number of carboxylic acid groups (broad SMARTS) is 1. The number of hydrogen-bond donors (Lipinski definition) is 1. The van der Waals surface area contributed by atoms with E-state index in [0.717, 1.165) is 6.92 Å². The van der Waals surface area contributed by atoms with Crippen LogP contribution in [0.1, 0.15) is 34.6 Å². The molecule has 15 heavy (non-hydrogen) atoms. The van der Waals surface area contributed by atoms with Crippen molar-refractivity contribution in [2.75, 3.05) is 26.2 Å². The molecular formula is C11H24NO3+. The fraction of sp³-hybridized carbons (Fsp3) is 0.818. The van der Waals surface area contributed by atoms with Gasteiger partial charge >= 0.3 is 5.97 Å². The van der Waals surface area contributed by atoms with Gasteiger partial charge in [0.05, 0.1) is 26.2 Å². The second-order valence-corrected chi connectivity index (χ2v) is 3.47. The van der Waals surface area contributed by atoms with Gasteiger partial charge in [0.25, 0.3) is 0 Å². The number of carbonyl (C=O) groups is 2. The smallest absolute Gasteiger partial charge is 0.371 e. The van der Waals surface area contributed by atoms with Gasteiger partial charge in [0, 0.05) is 6.92 Å².